The lowest BCUT2D eigenvalue weighted by Crippen LogP contribution is -2.36. The van der Waals surface area contributed by atoms with E-state index < -0.39 is 17.8 Å². The number of fused-ring (bicyclic) bond motifs is 1. The molecule has 2 aliphatic heterocycles. The van der Waals surface area contributed by atoms with E-state index in [1.54, 1.807) is 24.3 Å². The van der Waals surface area contributed by atoms with E-state index in [1.807, 2.05) is 0 Å². The fourth-order valence-corrected chi connectivity index (χ4v) is 3.67. The van der Waals surface area contributed by atoms with Gasteiger partial charge in [0.1, 0.15) is 0 Å². The van der Waals surface area contributed by atoms with Crippen LogP contribution in [0.1, 0.15) is 49.5 Å². The van der Waals surface area contributed by atoms with Gasteiger partial charge in [-0.15, -0.1) is 0 Å². The molecule has 2 aliphatic rings. The number of ether oxygens (including phenoxy) is 1. The average molecular weight is 408 g/mol. The summed E-state index contributed by atoms with van der Waals surface area (Å²) in [6, 6.07) is 10.9. The van der Waals surface area contributed by atoms with Crippen molar-refractivity contribution in [1.82, 2.24) is 4.90 Å². The molecule has 8 nitrogen and oxygen atoms in total. The number of benzene rings is 2. The lowest BCUT2D eigenvalue weighted by atomic mass is 10.1. The molecule has 2 N–H and O–H groups in total. The summed E-state index contributed by atoms with van der Waals surface area (Å²) in [5.74, 6) is -2.15. The number of carbonyl (C=O) groups is 4. The molecule has 154 valence electrons. The van der Waals surface area contributed by atoms with Crippen LogP contribution in [-0.2, 0) is 16.0 Å². The van der Waals surface area contributed by atoms with Crippen molar-refractivity contribution in [2.75, 3.05) is 18.5 Å². The van der Waals surface area contributed by atoms with Crippen LogP contribution in [0, 0.1) is 0 Å². The molecule has 2 heterocycles. The maximum absolute atomic E-state index is 12.7. The van der Waals surface area contributed by atoms with Crippen LogP contribution in [0.25, 0.3) is 0 Å². The number of carbonyl (C=O) groups excluding carboxylic acids is 3. The fourth-order valence-electron chi connectivity index (χ4n) is 3.67. The standard InChI is InChI=1S/C22H20N2O6/c25-19(26)10-13-3-6-15(7-4-13)23-20(27)14-5-8-17-18(11-14)22(29)24(21(17)28)12-16-2-1-9-30-16/h3-8,11,16H,1-2,9-10,12H2,(H,23,27)(H,25,26)/t16-/m1/s1. The highest BCUT2D eigenvalue weighted by Crippen LogP contribution is 2.26. The van der Waals surface area contributed by atoms with Gasteiger partial charge in [0.15, 0.2) is 0 Å². The molecule has 0 aliphatic carbocycles. The van der Waals surface area contributed by atoms with Gasteiger partial charge in [0.25, 0.3) is 17.7 Å². The normalized spacial score (nSPS) is 17.9. The summed E-state index contributed by atoms with van der Waals surface area (Å²) in [6.07, 6.45) is 1.48. The van der Waals surface area contributed by atoms with Crippen molar-refractivity contribution in [2.45, 2.75) is 25.4 Å². The maximum atomic E-state index is 12.7. The predicted molar refractivity (Wildman–Crippen MR) is 107 cm³/mol. The van der Waals surface area contributed by atoms with Crippen molar-refractivity contribution in [3.63, 3.8) is 0 Å². The smallest absolute Gasteiger partial charge is 0.307 e. The Balaban J connectivity index is 1.47. The van der Waals surface area contributed by atoms with Crippen LogP contribution in [0.2, 0.25) is 0 Å². The molecular formula is C22H20N2O6. The molecule has 3 amide bonds. The zero-order chi connectivity index (χ0) is 21.3. The predicted octanol–water partition coefficient (Wildman–Crippen LogP) is 2.34. The molecule has 1 saturated heterocycles. The van der Waals surface area contributed by atoms with E-state index >= 15 is 0 Å². The number of rotatable bonds is 6. The van der Waals surface area contributed by atoms with Gasteiger partial charge in [-0.1, -0.05) is 12.1 Å². The summed E-state index contributed by atoms with van der Waals surface area (Å²) in [7, 11) is 0. The Morgan fingerprint density at radius 2 is 1.80 bits per heavy atom. The highest BCUT2D eigenvalue weighted by atomic mass is 16.5. The van der Waals surface area contributed by atoms with Crippen molar-refractivity contribution in [3.05, 3.63) is 64.7 Å². The van der Waals surface area contributed by atoms with E-state index in [2.05, 4.69) is 5.32 Å². The second-order valence-electron chi connectivity index (χ2n) is 7.34. The van der Waals surface area contributed by atoms with Gasteiger partial charge in [-0.05, 0) is 48.7 Å². The Hall–Kier alpha value is -3.52. The molecular weight excluding hydrogens is 388 g/mol. The Morgan fingerprint density at radius 1 is 1.07 bits per heavy atom. The molecule has 0 aromatic heterocycles. The third-order valence-electron chi connectivity index (χ3n) is 5.21. The van der Waals surface area contributed by atoms with Crippen LogP contribution in [0.4, 0.5) is 5.69 Å². The van der Waals surface area contributed by atoms with Gasteiger partial charge in [0, 0.05) is 17.9 Å². The summed E-state index contributed by atoms with van der Waals surface area (Å²) < 4.78 is 5.53. The van der Waals surface area contributed by atoms with Crippen LogP contribution in [0.5, 0.6) is 0 Å². The quantitative estimate of drug-likeness (QED) is 0.710. The highest BCUT2D eigenvalue weighted by molar-refractivity contribution is 6.22. The molecule has 1 atom stereocenters. The van der Waals surface area contributed by atoms with E-state index in [9.17, 15) is 19.2 Å². The highest BCUT2D eigenvalue weighted by Gasteiger charge is 2.37. The Morgan fingerprint density at radius 3 is 2.47 bits per heavy atom. The number of hydrogen-bond acceptors (Lipinski definition) is 5. The number of nitrogens with one attached hydrogen (secondary N) is 1. The molecule has 0 unspecified atom stereocenters. The molecule has 0 saturated carbocycles. The molecule has 4 rings (SSSR count). The van der Waals surface area contributed by atoms with Gasteiger partial charge < -0.3 is 15.2 Å². The molecule has 0 spiro atoms. The summed E-state index contributed by atoms with van der Waals surface area (Å²) in [4.78, 5) is 49.8. The number of imide groups is 1. The van der Waals surface area contributed by atoms with Crippen molar-refractivity contribution in [3.8, 4) is 0 Å². The van der Waals surface area contributed by atoms with E-state index in [1.165, 1.54) is 23.1 Å². The van der Waals surface area contributed by atoms with Crippen LogP contribution >= 0.6 is 0 Å². The molecule has 2 aromatic carbocycles. The average Bonchev–Trinajstić information content (AvgIpc) is 3.32. The van der Waals surface area contributed by atoms with Crippen molar-refractivity contribution in [2.24, 2.45) is 0 Å². The first-order valence-corrected chi connectivity index (χ1v) is 9.66. The minimum absolute atomic E-state index is 0.0996. The van der Waals surface area contributed by atoms with Gasteiger partial charge in [-0.3, -0.25) is 24.1 Å². The first-order valence-electron chi connectivity index (χ1n) is 9.66. The molecule has 1 fully saturated rings. The summed E-state index contributed by atoms with van der Waals surface area (Å²) in [5, 5.41) is 11.5. The lowest BCUT2D eigenvalue weighted by Gasteiger charge is -2.17. The Bertz CT molecular complexity index is 1020. The van der Waals surface area contributed by atoms with E-state index in [4.69, 9.17) is 9.84 Å². The topological polar surface area (TPSA) is 113 Å². The summed E-state index contributed by atoms with van der Waals surface area (Å²) in [6.45, 7) is 0.853. The fraction of sp³-hybridized carbons (Fsp3) is 0.273. The zero-order valence-electron chi connectivity index (χ0n) is 16.1. The third kappa shape index (κ3) is 3.95. The van der Waals surface area contributed by atoms with Gasteiger partial charge in [-0.25, -0.2) is 0 Å². The summed E-state index contributed by atoms with van der Waals surface area (Å²) in [5.41, 5.74) is 1.86. The molecule has 30 heavy (non-hydrogen) atoms. The number of carboxylic acid groups (broad SMARTS) is 1. The van der Waals surface area contributed by atoms with Gasteiger partial charge in [0.05, 0.1) is 30.2 Å². The minimum atomic E-state index is -0.933. The maximum Gasteiger partial charge on any atom is 0.307 e. The number of aliphatic carboxylic acids is 1. The van der Waals surface area contributed by atoms with E-state index in [0.717, 1.165) is 12.8 Å². The van der Waals surface area contributed by atoms with Crippen LogP contribution in [0.15, 0.2) is 42.5 Å². The lowest BCUT2D eigenvalue weighted by molar-refractivity contribution is -0.136. The van der Waals surface area contributed by atoms with Crippen molar-refractivity contribution in [1.29, 1.82) is 0 Å². The summed E-state index contributed by atoms with van der Waals surface area (Å²) >= 11 is 0. The first-order chi connectivity index (χ1) is 14.4. The van der Waals surface area contributed by atoms with Gasteiger partial charge in [0.2, 0.25) is 0 Å². The second kappa shape index (κ2) is 8.08. The van der Waals surface area contributed by atoms with Crippen LogP contribution in [-0.4, -0.2) is 53.0 Å². The molecule has 0 radical (unpaired) electrons. The molecule has 8 heteroatoms. The van der Waals surface area contributed by atoms with Crippen LogP contribution in [0.3, 0.4) is 0 Å². The van der Waals surface area contributed by atoms with Gasteiger partial charge >= 0.3 is 5.97 Å². The van der Waals surface area contributed by atoms with E-state index in [-0.39, 0.29) is 41.7 Å². The number of anilines is 1. The third-order valence-corrected chi connectivity index (χ3v) is 5.21. The number of nitrogens with zero attached hydrogens (tertiary/aromatic N) is 1. The Kier molecular flexibility index (Phi) is 5.33. The number of amides is 3. The first kappa shape index (κ1) is 19.8. The van der Waals surface area contributed by atoms with Crippen molar-refractivity contribution < 1.29 is 29.0 Å². The van der Waals surface area contributed by atoms with Gasteiger partial charge in [-0.2, -0.15) is 0 Å². The Labute approximate surface area is 172 Å². The van der Waals surface area contributed by atoms with Crippen molar-refractivity contribution >= 4 is 29.4 Å². The number of carboxylic acids is 1. The largest absolute Gasteiger partial charge is 0.481 e. The molecule has 0 bridgehead atoms. The van der Waals surface area contributed by atoms with Crippen LogP contribution < -0.4 is 5.32 Å². The molecule has 2 aromatic rings. The van der Waals surface area contributed by atoms with E-state index in [0.29, 0.717) is 17.9 Å². The zero-order valence-corrected chi connectivity index (χ0v) is 16.1. The minimum Gasteiger partial charge on any atom is -0.481 e. The monoisotopic (exact) mass is 408 g/mol. The number of hydrogen-bond donors (Lipinski definition) is 2. The SMILES string of the molecule is O=C(O)Cc1ccc(NC(=O)c2ccc3c(c2)C(=O)N(C[C@H]2CCCO2)C3=O)cc1. The second-order valence-corrected chi connectivity index (χ2v) is 7.34.